The standard InChI is InChI=1S/C18H38O4S/c1-3-5-6-7-8-9-10-11-12-13-14-15-16-18(17(19)4-2)23(20,21)22/h17-19H,3-16H2,1-2H3,(H,20,21,22). The van der Waals surface area contributed by atoms with E-state index in [1.54, 1.807) is 6.92 Å². The summed E-state index contributed by atoms with van der Waals surface area (Å²) in [5.41, 5.74) is 0. The molecule has 5 heteroatoms. The summed E-state index contributed by atoms with van der Waals surface area (Å²) in [6, 6.07) is 0. The second-order valence-electron chi connectivity index (χ2n) is 6.71. The molecule has 0 aliphatic heterocycles. The first-order valence-corrected chi connectivity index (χ1v) is 11.1. The fraction of sp³-hybridized carbons (Fsp3) is 1.00. The lowest BCUT2D eigenvalue weighted by atomic mass is 10.0. The summed E-state index contributed by atoms with van der Waals surface area (Å²) in [5.74, 6) is 0. The van der Waals surface area contributed by atoms with E-state index in [1.165, 1.54) is 57.8 Å². The molecule has 0 rings (SSSR count). The van der Waals surface area contributed by atoms with Gasteiger partial charge < -0.3 is 5.11 Å². The van der Waals surface area contributed by atoms with Gasteiger partial charge in [-0.15, -0.1) is 0 Å². The Morgan fingerprint density at radius 2 is 1.13 bits per heavy atom. The number of hydrogen-bond donors (Lipinski definition) is 2. The summed E-state index contributed by atoms with van der Waals surface area (Å²) in [7, 11) is -4.14. The smallest absolute Gasteiger partial charge is 0.270 e. The van der Waals surface area contributed by atoms with Gasteiger partial charge in [0.2, 0.25) is 0 Å². The topological polar surface area (TPSA) is 74.6 Å². The van der Waals surface area contributed by atoms with E-state index in [2.05, 4.69) is 6.92 Å². The molecule has 0 bridgehead atoms. The molecule has 0 aromatic rings. The van der Waals surface area contributed by atoms with E-state index in [9.17, 15) is 13.5 Å². The van der Waals surface area contributed by atoms with E-state index in [0.717, 1.165) is 19.3 Å². The average molecular weight is 351 g/mol. The number of rotatable bonds is 16. The van der Waals surface area contributed by atoms with Gasteiger partial charge in [0.25, 0.3) is 10.1 Å². The summed E-state index contributed by atoms with van der Waals surface area (Å²) in [6.07, 6.45) is 14.4. The fourth-order valence-corrected chi connectivity index (χ4v) is 4.04. The molecule has 0 aliphatic rings. The molecule has 0 aliphatic carbocycles. The van der Waals surface area contributed by atoms with Crippen LogP contribution in [0.2, 0.25) is 0 Å². The van der Waals surface area contributed by atoms with Gasteiger partial charge in [-0.2, -0.15) is 8.42 Å². The number of unbranched alkanes of at least 4 members (excludes halogenated alkanes) is 11. The van der Waals surface area contributed by atoms with Gasteiger partial charge in [-0.05, 0) is 12.8 Å². The highest BCUT2D eigenvalue weighted by Crippen LogP contribution is 2.18. The van der Waals surface area contributed by atoms with E-state index < -0.39 is 21.5 Å². The van der Waals surface area contributed by atoms with E-state index in [-0.39, 0.29) is 0 Å². The third-order valence-electron chi connectivity index (χ3n) is 4.57. The van der Waals surface area contributed by atoms with Crippen molar-refractivity contribution in [1.29, 1.82) is 0 Å². The van der Waals surface area contributed by atoms with Gasteiger partial charge in [0.05, 0.1) is 6.10 Å². The molecule has 0 amide bonds. The molecule has 140 valence electrons. The van der Waals surface area contributed by atoms with Crippen LogP contribution in [-0.4, -0.2) is 29.4 Å². The Labute approximate surface area is 143 Å². The monoisotopic (exact) mass is 350 g/mol. The minimum absolute atomic E-state index is 0.350. The lowest BCUT2D eigenvalue weighted by Crippen LogP contribution is -2.33. The van der Waals surface area contributed by atoms with Crippen molar-refractivity contribution in [3.05, 3.63) is 0 Å². The normalized spacial score (nSPS) is 14.8. The lowest BCUT2D eigenvalue weighted by Gasteiger charge is -2.18. The molecule has 23 heavy (non-hydrogen) atoms. The maximum Gasteiger partial charge on any atom is 0.270 e. The van der Waals surface area contributed by atoms with Crippen LogP contribution in [-0.2, 0) is 10.1 Å². The summed E-state index contributed by atoms with van der Waals surface area (Å²) in [6.45, 7) is 3.96. The van der Waals surface area contributed by atoms with E-state index in [4.69, 9.17) is 4.55 Å². The van der Waals surface area contributed by atoms with Crippen LogP contribution in [0.15, 0.2) is 0 Å². The number of hydrogen-bond acceptors (Lipinski definition) is 3. The van der Waals surface area contributed by atoms with Crippen molar-refractivity contribution in [3.63, 3.8) is 0 Å². The quantitative estimate of drug-likeness (QED) is 0.300. The molecule has 0 spiro atoms. The average Bonchev–Trinajstić information content (AvgIpc) is 2.50. The Kier molecular flexibility index (Phi) is 14.2. The summed E-state index contributed by atoms with van der Waals surface area (Å²) in [4.78, 5) is 0. The van der Waals surface area contributed by atoms with Crippen molar-refractivity contribution in [2.45, 2.75) is 115 Å². The molecule has 0 saturated carbocycles. The number of aliphatic hydroxyl groups excluding tert-OH is 1. The van der Waals surface area contributed by atoms with Crippen molar-refractivity contribution >= 4 is 10.1 Å². The highest BCUT2D eigenvalue weighted by molar-refractivity contribution is 7.86. The van der Waals surface area contributed by atoms with Crippen molar-refractivity contribution in [2.24, 2.45) is 0 Å². The van der Waals surface area contributed by atoms with Crippen molar-refractivity contribution in [2.75, 3.05) is 0 Å². The minimum Gasteiger partial charge on any atom is -0.392 e. The van der Waals surface area contributed by atoms with Crippen LogP contribution in [0.1, 0.15) is 104 Å². The Balaban J connectivity index is 3.54. The second kappa shape index (κ2) is 14.2. The molecule has 0 saturated heterocycles. The van der Waals surface area contributed by atoms with Gasteiger partial charge in [0.15, 0.2) is 0 Å². The molecule has 2 unspecified atom stereocenters. The molecule has 0 aromatic carbocycles. The van der Waals surface area contributed by atoms with Gasteiger partial charge in [0.1, 0.15) is 5.25 Å². The summed E-state index contributed by atoms with van der Waals surface area (Å²) >= 11 is 0. The third-order valence-corrected chi connectivity index (χ3v) is 5.89. The van der Waals surface area contributed by atoms with Crippen LogP contribution < -0.4 is 0 Å². The molecule has 0 radical (unpaired) electrons. The maximum absolute atomic E-state index is 11.3. The van der Waals surface area contributed by atoms with Crippen LogP contribution in [0.25, 0.3) is 0 Å². The van der Waals surface area contributed by atoms with Crippen LogP contribution in [0.4, 0.5) is 0 Å². The fourth-order valence-electron chi connectivity index (χ4n) is 2.99. The van der Waals surface area contributed by atoms with Crippen LogP contribution in [0.3, 0.4) is 0 Å². The van der Waals surface area contributed by atoms with E-state index in [0.29, 0.717) is 12.8 Å². The maximum atomic E-state index is 11.3. The van der Waals surface area contributed by atoms with Gasteiger partial charge in [-0.1, -0.05) is 90.9 Å². The van der Waals surface area contributed by atoms with Gasteiger partial charge in [-0.25, -0.2) is 0 Å². The SMILES string of the molecule is CCCCCCCCCCCCCCC(C(O)CC)S(=O)(=O)O. The van der Waals surface area contributed by atoms with Gasteiger partial charge >= 0.3 is 0 Å². The zero-order valence-electron chi connectivity index (χ0n) is 15.2. The first-order chi connectivity index (χ1) is 10.9. The number of aliphatic hydroxyl groups is 1. The molecule has 0 aromatic heterocycles. The zero-order valence-corrected chi connectivity index (χ0v) is 16.0. The van der Waals surface area contributed by atoms with E-state index in [1.807, 2.05) is 0 Å². The minimum atomic E-state index is -4.14. The Morgan fingerprint density at radius 1 is 0.739 bits per heavy atom. The van der Waals surface area contributed by atoms with Gasteiger partial charge in [-0.3, -0.25) is 4.55 Å². The molecule has 0 heterocycles. The zero-order chi connectivity index (χ0) is 17.6. The molecule has 4 nitrogen and oxygen atoms in total. The second-order valence-corrected chi connectivity index (χ2v) is 8.34. The highest BCUT2D eigenvalue weighted by Gasteiger charge is 2.29. The molecular weight excluding hydrogens is 312 g/mol. The van der Waals surface area contributed by atoms with Crippen molar-refractivity contribution in [1.82, 2.24) is 0 Å². The summed E-state index contributed by atoms with van der Waals surface area (Å²) in [5, 5.41) is 8.67. The molecule has 2 atom stereocenters. The van der Waals surface area contributed by atoms with Gasteiger partial charge in [0, 0.05) is 0 Å². The van der Waals surface area contributed by atoms with Crippen LogP contribution in [0.5, 0.6) is 0 Å². The highest BCUT2D eigenvalue weighted by atomic mass is 32.2. The molecular formula is C18H38O4S. The Bertz CT molecular complexity index is 354. The first-order valence-electron chi connectivity index (χ1n) is 9.57. The predicted molar refractivity (Wildman–Crippen MR) is 97.3 cm³/mol. The van der Waals surface area contributed by atoms with Crippen molar-refractivity contribution in [3.8, 4) is 0 Å². The summed E-state index contributed by atoms with van der Waals surface area (Å²) < 4.78 is 31.7. The Hall–Kier alpha value is -0.130. The molecule has 0 fully saturated rings. The van der Waals surface area contributed by atoms with E-state index >= 15 is 0 Å². The van der Waals surface area contributed by atoms with Crippen molar-refractivity contribution < 1.29 is 18.1 Å². The molecule has 2 N–H and O–H groups in total. The van der Waals surface area contributed by atoms with Crippen LogP contribution >= 0.6 is 0 Å². The largest absolute Gasteiger partial charge is 0.392 e. The first kappa shape index (κ1) is 22.9. The third kappa shape index (κ3) is 12.9. The van der Waals surface area contributed by atoms with Crippen LogP contribution in [0, 0.1) is 0 Å². The Morgan fingerprint density at radius 3 is 1.48 bits per heavy atom. The predicted octanol–water partition coefficient (Wildman–Crippen LogP) is 5.10. The lowest BCUT2D eigenvalue weighted by molar-refractivity contribution is 0.155.